The first kappa shape index (κ1) is 15.1. The van der Waals surface area contributed by atoms with E-state index in [1.54, 1.807) is 0 Å². The van der Waals surface area contributed by atoms with Crippen molar-refractivity contribution in [3.05, 3.63) is 65.7 Å². The van der Waals surface area contributed by atoms with E-state index in [9.17, 15) is 4.79 Å². The van der Waals surface area contributed by atoms with E-state index >= 15 is 0 Å². The first-order valence-electron chi connectivity index (χ1n) is 7.00. The summed E-state index contributed by atoms with van der Waals surface area (Å²) in [5, 5.41) is 3.20. The number of hydrogen-bond acceptors (Lipinski definition) is 3. The Hall–Kier alpha value is -2.33. The van der Waals surface area contributed by atoms with Crippen molar-refractivity contribution in [1.82, 2.24) is 5.32 Å². The van der Waals surface area contributed by atoms with Crippen LogP contribution >= 0.6 is 0 Å². The molecule has 0 spiro atoms. The van der Waals surface area contributed by atoms with Crippen LogP contribution in [0.25, 0.3) is 0 Å². The molecule has 0 bridgehead atoms. The van der Waals surface area contributed by atoms with Gasteiger partial charge in [-0.3, -0.25) is 10.1 Å². The van der Waals surface area contributed by atoms with E-state index in [-0.39, 0.29) is 0 Å². The third-order valence-electron chi connectivity index (χ3n) is 3.19. The van der Waals surface area contributed by atoms with Gasteiger partial charge in [0.1, 0.15) is 11.8 Å². The number of nitrogens with one attached hydrogen (secondary N) is 1. The number of hydrogen-bond donors (Lipinski definition) is 2. The van der Waals surface area contributed by atoms with Crippen molar-refractivity contribution in [2.45, 2.75) is 19.5 Å². The minimum absolute atomic E-state index is 0.393. The van der Waals surface area contributed by atoms with Crippen LogP contribution in [0.1, 0.15) is 24.1 Å². The van der Waals surface area contributed by atoms with Gasteiger partial charge in [-0.2, -0.15) is 0 Å². The van der Waals surface area contributed by atoms with E-state index in [2.05, 4.69) is 5.32 Å². The maximum Gasteiger partial charge on any atom is 0.239 e. The molecule has 3 N–H and O–H groups in total. The van der Waals surface area contributed by atoms with Crippen molar-refractivity contribution in [1.29, 1.82) is 0 Å². The summed E-state index contributed by atoms with van der Waals surface area (Å²) in [5.74, 6) is 0.430. The molecule has 21 heavy (non-hydrogen) atoms. The molecule has 0 saturated heterocycles. The van der Waals surface area contributed by atoms with E-state index in [0.29, 0.717) is 13.2 Å². The quantitative estimate of drug-likeness (QED) is 0.820. The standard InChI is InChI=1S/C17H20N2O2/c1-2-21-15-11-7-6-10-14(15)12-19-16(17(18)20)13-8-4-3-5-9-13/h3-11,16,19H,2,12H2,1H3,(H2,18,20)/t16-/m0/s1. The van der Waals surface area contributed by atoms with Crippen molar-refractivity contribution >= 4 is 5.91 Å². The lowest BCUT2D eigenvalue weighted by molar-refractivity contribution is -0.120. The predicted octanol–water partition coefficient (Wildman–Crippen LogP) is 2.40. The lowest BCUT2D eigenvalue weighted by Crippen LogP contribution is -2.33. The zero-order chi connectivity index (χ0) is 15.1. The molecular weight excluding hydrogens is 264 g/mol. The van der Waals surface area contributed by atoms with Gasteiger partial charge in [-0.15, -0.1) is 0 Å². The van der Waals surface area contributed by atoms with Gasteiger partial charge in [-0.25, -0.2) is 0 Å². The van der Waals surface area contributed by atoms with Crippen LogP contribution in [0, 0.1) is 0 Å². The van der Waals surface area contributed by atoms with Gasteiger partial charge in [0.15, 0.2) is 0 Å². The molecule has 2 rings (SSSR count). The lowest BCUT2D eigenvalue weighted by atomic mass is 10.1. The van der Waals surface area contributed by atoms with Gasteiger partial charge in [0.05, 0.1) is 6.61 Å². The number of benzene rings is 2. The van der Waals surface area contributed by atoms with E-state index in [1.807, 2.05) is 61.5 Å². The summed E-state index contributed by atoms with van der Waals surface area (Å²) < 4.78 is 5.58. The second-order valence-electron chi connectivity index (χ2n) is 4.67. The molecular formula is C17H20N2O2. The molecule has 0 unspecified atom stereocenters. The Morgan fingerprint density at radius 3 is 2.48 bits per heavy atom. The summed E-state index contributed by atoms with van der Waals surface area (Å²) in [6, 6.07) is 16.7. The minimum atomic E-state index is -0.513. The smallest absolute Gasteiger partial charge is 0.239 e. The molecule has 0 saturated carbocycles. The van der Waals surface area contributed by atoms with Crippen LogP contribution < -0.4 is 15.8 Å². The molecule has 0 radical (unpaired) electrons. The van der Waals surface area contributed by atoms with Crippen LogP contribution in [0.15, 0.2) is 54.6 Å². The van der Waals surface area contributed by atoms with Crippen LogP contribution in [0.3, 0.4) is 0 Å². The van der Waals surface area contributed by atoms with E-state index < -0.39 is 11.9 Å². The van der Waals surface area contributed by atoms with Crippen molar-refractivity contribution in [3.8, 4) is 5.75 Å². The normalized spacial score (nSPS) is 11.9. The fourth-order valence-corrected chi connectivity index (χ4v) is 2.19. The Morgan fingerprint density at radius 1 is 1.14 bits per heavy atom. The summed E-state index contributed by atoms with van der Waals surface area (Å²) in [4.78, 5) is 11.7. The maximum atomic E-state index is 11.7. The highest BCUT2D eigenvalue weighted by atomic mass is 16.5. The molecule has 0 aliphatic heterocycles. The van der Waals surface area contributed by atoms with Crippen molar-refractivity contribution in [2.24, 2.45) is 5.73 Å². The van der Waals surface area contributed by atoms with Crippen molar-refractivity contribution in [3.63, 3.8) is 0 Å². The van der Waals surface area contributed by atoms with Crippen molar-refractivity contribution in [2.75, 3.05) is 6.61 Å². The Kier molecular flexibility index (Phi) is 5.35. The largest absolute Gasteiger partial charge is 0.494 e. The van der Waals surface area contributed by atoms with Gasteiger partial charge >= 0.3 is 0 Å². The molecule has 4 heteroatoms. The average Bonchev–Trinajstić information content (AvgIpc) is 2.50. The maximum absolute atomic E-state index is 11.7. The Morgan fingerprint density at radius 2 is 1.81 bits per heavy atom. The molecule has 2 aromatic carbocycles. The third-order valence-corrected chi connectivity index (χ3v) is 3.19. The molecule has 2 aromatic rings. The van der Waals surface area contributed by atoms with Gasteiger partial charge in [0.25, 0.3) is 0 Å². The Bertz CT molecular complexity index is 584. The zero-order valence-corrected chi connectivity index (χ0v) is 12.1. The predicted molar refractivity (Wildman–Crippen MR) is 82.8 cm³/mol. The summed E-state index contributed by atoms with van der Waals surface area (Å²) in [5.41, 5.74) is 7.36. The van der Waals surface area contributed by atoms with Crippen LogP contribution in [-0.4, -0.2) is 12.5 Å². The van der Waals surface area contributed by atoms with E-state index in [4.69, 9.17) is 10.5 Å². The Labute approximate surface area is 124 Å². The number of amides is 1. The number of rotatable bonds is 7. The van der Waals surface area contributed by atoms with Gasteiger partial charge in [0, 0.05) is 12.1 Å². The second kappa shape index (κ2) is 7.45. The minimum Gasteiger partial charge on any atom is -0.494 e. The number of carbonyl (C=O) groups excluding carboxylic acids is 1. The summed E-state index contributed by atoms with van der Waals surface area (Å²) in [7, 11) is 0. The number of primary amides is 1. The highest BCUT2D eigenvalue weighted by molar-refractivity contribution is 5.81. The van der Waals surface area contributed by atoms with Crippen LogP contribution in [-0.2, 0) is 11.3 Å². The molecule has 1 atom stereocenters. The summed E-state index contributed by atoms with van der Waals surface area (Å²) in [6.07, 6.45) is 0. The molecule has 0 heterocycles. The first-order valence-corrected chi connectivity index (χ1v) is 7.00. The number of nitrogens with two attached hydrogens (primary N) is 1. The molecule has 4 nitrogen and oxygen atoms in total. The highest BCUT2D eigenvalue weighted by Crippen LogP contribution is 2.19. The summed E-state index contributed by atoms with van der Waals surface area (Å²) >= 11 is 0. The monoisotopic (exact) mass is 284 g/mol. The van der Waals surface area contributed by atoms with Crippen LogP contribution in [0.2, 0.25) is 0 Å². The van der Waals surface area contributed by atoms with Gasteiger partial charge < -0.3 is 10.5 Å². The summed E-state index contributed by atoms with van der Waals surface area (Å²) in [6.45, 7) is 3.06. The van der Waals surface area contributed by atoms with Gasteiger partial charge in [-0.05, 0) is 18.6 Å². The number of ether oxygens (including phenoxy) is 1. The first-order chi connectivity index (χ1) is 10.2. The molecule has 0 aliphatic rings. The van der Waals surface area contributed by atoms with E-state index in [1.165, 1.54) is 0 Å². The fraction of sp³-hybridized carbons (Fsp3) is 0.235. The van der Waals surface area contributed by atoms with Crippen LogP contribution in [0.5, 0.6) is 5.75 Å². The molecule has 110 valence electrons. The SMILES string of the molecule is CCOc1ccccc1CN[C@H](C(N)=O)c1ccccc1. The Balaban J connectivity index is 2.11. The number of carbonyl (C=O) groups is 1. The topological polar surface area (TPSA) is 64.3 Å². The molecule has 1 amide bonds. The average molecular weight is 284 g/mol. The van der Waals surface area contributed by atoms with Crippen molar-refractivity contribution < 1.29 is 9.53 Å². The molecule has 0 fully saturated rings. The highest BCUT2D eigenvalue weighted by Gasteiger charge is 2.17. The molecule has 0 aliphatic carbocycles. The molecule has 0 aromatic heterocycles. The fourth-order valence-electron chi connectivity index (χ4n) is 2.19. The van der Waals surface area contributed by atoms with Gasteiger partial charge in [0.2, 0.25) is 5.91 Å². The van der Waals surface area contributed by atoms with Crippen LogP contribution in [0.4, 0.5) is 0 Å². The lowest BCUT2D eigenvalue weighted by Gasteiger charge is -2.17. The zero-order valence-electron chi connectivity index (χ0n) is 12.1. The van der Waals surface area contributed by atoms with E-state index in [0.717, 1.165) is 16.9 Å². The van der Waals surface area contributed by atoms with Gasteiger partial charge in [-0.1, -0.05) is 48.5 Å². The third kappa shape index (κ3) is 4.07. The second-order valence-corrected chi connectivity index (χ2v) is 4.67. The number of para-hydroxylation sites is 1.